The summed E-state index contributed by atoms with van der Waals surface area (Å²) in [5.41, 5.74) is -1.35. The number of rotatable bonds is 8. The van der Waals surface area contributed by atoms with Crippen molar-refractivity contribution in [1.82, 2.24) is 0 Å². The van der Waals surface area contributed by atoms with E-state index in [1.54, 1.807) is 0 Å². The number of ketones is 1. The van der Waals surface area contributed by atoms with E-state index in [-0.39, 0.29) is 18.1 Å². The summed E-state index contributed by atoms with van der Waals surface area (Å²) in [7, 11) is 2.92. The highest BCUT2D eigenvalue weighted by Crippen LogP contribution is 2.38. The molecule has 0 spiro atoms. The minimum absolute atomic E-state index is 0.141. The second kappa shape index (κ2) is 9.98. The van der Waals surface area contributed by atoms with Gasteiger partial charge in [0.25, 0.3) is 11.4 Å². The Kier molecular flexibility index (Phi) is 8.30. The summed E-state index contributed by atoms with van der Waals surface area (Å²) in [6, 6.07) is 0. The topological polar surface area (TPSA) is 44.8 Å². The van der Waals surface area contributed by atoms with Crippen LogP contribution < -0.4 is 0 Å². The summed E-state index contributed by atoms with van der Waals surface area (Å²) in [6.45, 7) is 4.35. The van der Waals surface area contributed by atoms with Gasteiger partial charge in [0.2, 0.25) is 5.76 Å². The van der Waals surface area contributed by atoms with E-state index in [0.717, 1.165) is 38.5 Å². The average Bonchev–Trinajstić information content (AvgIpc) is 2.57. The van der Waals surface area contributed by atoms with Gasteiger partial charge in [0.15, 0.2) is 5.76 Å². The van der Waals surface area contributed by atoms with Gasteiger partial charge in [0.05, 0.1) is 14.2 Å². The highest BCUT2D eigenvalue weighted by molar-refractivity contribution is 6.12. The molecule has 0 bridgehead atoms. The van der Waals surface area contributed by atoms with Gasteiger partial charge in [0, 0.05) is 12.8 Å². The van der Waals surface area contributed by atoms with Crippen LogP contribution in [0.4, 0.5) is 0 Å². The van der Waals surface area contributed by atoms with Crippen molar-refractivity contribution in [3.8, 4) is 23.7 Å². The van der Waals surface area contributed by atoms with Crippen LogP contribution in [-0.2, 0) is 19.0 Å². The first kappa shape index (κ1) is 19.1. The van der Waals surface area contributed by atoms with E-state index in [2.05, 4.69) is 37.5 Å². The van der Waals surface area contributed by atoms with E-state index in [1.165, 1.54) is 14.2 Å². The number of unbranched alkanes of at least 4 members (excludes halogenated alkanes) is 4. The first-order valence-electron chi connectivity index (χ1n) is 8.15. The number of Topliss-reactive ketones (excluding diaryl/α,β-unsaturated/α-hetero) is 1. The number of hydrogen-bond donors (Lipinski definition) is 0. The van der Waals surface area contributed by atoms with E-state index in [4.69, 9.17) is 14.2 Å². The molecule has 0 saturated heterocycles. The molecule has 0 radical (unpaired) electrons. The van der Waals surface area contributed by atoms with Gasteiger partial charge in [-0.2, -0.15) is 0 Å². The lowest BCUT2D eigenvalue weighted by Crippen LogP contribution is -2.53. The molecule has 1 atom stereocenters. The highest BCUT2D eigenvalue weighted by Gasteiger charge is 2.58. The van der Waals surface area contributed by atoms with E-state index in [0.29, 0.717) is 5.76 Å². The van der Waals surface area contributed by atoms with E-state index < -0.39 is 5.60 Å². The smallest absolute Gasteiger partial charge is 0.258 e. The van der Waals surface area contributed by atoms with Crippen LogP contribution in [0.25, 0.3) is 0 Å². The van der Waals surface area contributed by atoms with Crippen LogP contribution in [0.5, 0.6) is 0 Å². The second-order valence-electron chi connectivity index (χ2n) is 5.23. The molecule has 4 nitrogen and oxygen atoms in total. The summed E-state index contributed by atoms with van der Waals surface area (Å²) in [6.07, 6.45) is 5.75. The summed E-state index contributed by atoms with van der Waals surface area (Å²) in [4.78, 5) is 12.4. The Balaban J connectivity index is 2.86. The molecule has 0 aliphatic heterocycles. The minimum Gasteiger partial charge on any atom is -0.493 e. The third-order valence-corrected chi connectivity index (χ3v) is 3.52. The van der Waals surface area contributed by atoms with Gasteiger partial charge in [-0.25, -0.2) is 0 Å². The minimum atomic E-state index is -1.35. The molecule has 1 aliphatic carbocycles. The molecular formula is C19H26O4. The lowest BCUT2D eigenvalue weighted by molar-refractivity contribution is -0.143. The lowest BCUT2D eigenvalue weighted by atomic mass is 9.83. The van der Waals surface area contributed by atoms with Gasteiger partial charge in [0.1, 0.15) is 6.61 Å². The number of carbonyl (C=O) groups excluding carboxylic acids is 1. The SMILES string of the molecule is CCCCC#CCOC1(C#CCCCC)C(=O)C(OC)=C1OC. The number of hydrogen-bond acceptors (Lipinski definition) is 4. The van der Waals surface area contributed by atoms with Crippen molar-refractivity contribution in [1.29, 1.82) is 0 Å². The van der Waals surface area contributed by atoms with E-state index >= 15 is 0 Å². The Labute approximate surface area is 139 Å². The molecule has 0 aromatic carbocycles. The molecule has 0 aromatic heterocycles. The lowest BCUT2D eigenvalue weighted by Gasteiger charge is -2.36. The maximum Gasteiger partial charge on any atom is 0.258 e. The maximum atomic E-state index is 12.4. The van der Waals surface area contributed by atoms with Crippen LogP contribution >= 0.6 is 0 Å². The van der Waals surface area contributed by atoms with Crippen LogP contribution in [0.2, 0.25) is 0 Å². The largest absolute Gasteiger partial charge is 0.493 e. The Morgan fingerprint density at radius 3 is 2.17 bits per heavy atom. The standard InChI is InChI=1S/C19H26O4/c1-5-7-9-11-13-15-23-19(14-12-10-8-6-2)17(20)16(21-3)18(19)22-4/h5-10,15H2,1-4H3. The van der Waals surface area contributed by atoms with E-state index in [1.807, 2.05) is 0 Å². The number of ether oxygens (including phenoxy) is 3. The molecule has 4 heteroatoms. The van der Waals surface area contributed by atoms with Crippen molar-refractivity contribution >= 4 is 5.78 Å². The quantitative estimate of drug-likeness (QED) is 0.509. The fourth-order valence-corrected chi connectivity index (χ4v) is 2.17. The average molecular weight is 318 g/mol. The van der Waals surface area contributed by atoms with Crippen LogP contribution in [-0.4, -0.2) is 32.2 Å². The molecule has 23 heavy (non-hydrogen) atoms. The molecule has 0 N–H and O–H groups in total. The zero-order chi connectivity index (χ0) is 17.1. The second-order valence-corrected chi connectivity index (χ2v) is 5.23. The molecule has 0 saturated carbocycles. The molecule has 0 fully saturated rings. The molecule has 0 aromatic rings. The summed E-state index contributed by atoms with van der Waals surface area (Å²) in [5, 5.41) is 0. The predicted molar refractivity (Wildman–Crippen MR) is 89.3 cm³/mol. The summed E-state index contributed by atoms with van der Waals surface area (Å²) in [5.74, 6) is 12.1. The molecule has 0 amide bonds. The fourth-order valence-electron chi connectivity index (χ4n) is 2.17. The van der Waals surface area contributed by atoms with Crippen molar-refractivity contribution in [2.24, 2.45) is 0 Å². The molecule has 1 unspecified atom stereocenters. The molecular weight excluding hydrogens is 292 g/mol. The Bertz CT molecular complexity index is 553. The molecule has 1 rings (SSSR count). The van der Waals surface area contributed by atoms with Crippen LogP contribution in [0.15, 0.2) is 11.5 Å². The van der Waals surface area contributed by atoms with Gasteiger partial charge >= 0.3 is 0 Å². The van der Waals surface area contributed by atoms with Crippen LogP contribution in [0.1, 0.15) is 52.4 Å². The summed E-state index contributed by atoms with van der Waals surface area (Å²) >= 11 is 0. The van der Waals surface area contributed by atoms with Gasteiger partial charge in [-0.05, 0) is 12.8 Å². The fraction of sp³-hybridized carbons (Fsp3) is 0.632. The van der Waals surface area contributed by atoms with Crippen LogP contribution in [0, 0.1) is 23.7 Å². The molecule has 1 aliphatic rings. The van der Waals surface area contributed by atoms with Crippen LogP contribution in [0.3, 0.4) is 0 Å². The monoisotopic (exact) mass is 318 g/mol. The highest BCUT2D eigenvalue weighted by atomic mass is 16.6. The van der Waals surface area contributed by atoms with E-state index in [9.17, 15) is 4.79 Å². The van der Waals surface area contributed by atoms with Gasteiger partial charge in [-0.3, -0.25) is 4.79 Å². The third-order valence-electron chi connectivity index (χ3n) is 3.52. The normalized spacial score (nSPS) is 19.2. The predicted octanol–water partition coefficient (Wildman–Crippen LogP) is 3.22. The Morgan fingerprint density at radius 2 is 1.61 bits per heavy atom. The van der Waals surface area contributed by atoms with Crippen molar-refractivity contribution in [3.63, 3.8) is 0 Å². The Hall–Kier alpha value is -1.91. The van der Waals surface area contributed by atoms with Crippen molar-refractivity contribution in [2.45, 2.75) is 58.0 Å². The first-order valence-corrected chi connectivity index (χ1v) is 8.15. The van der Waals surface area contributed by atoms with Gasteiger partial charge in [-0.1, -0.05) is 44.5 Å². The van der Waals surface area contributed by atoms with Gasteiger partial charge in [-0.15, -0.1) is 5.92 Å². The van der Waals surface area contributed by atoms with Crippen molar-refractivity contribution in [3.05, 3.63) is 11.5 Å². The summed E-state index contributed by atoms with van der Waals surface area (Å²) < 4.78 is 16.1. The molecule has 126 valence electrons. The maximum absolute atomic E-state index is 12.4. The first-order chi connectivity index (χ1) is 11.2. The Morgan fingerprint density at radius 1 is 0.957 bits per heavy atom. The zero-order valence-electron chi connectivity index (χ0n) is 14.6. The van der Waals surface area contributed by atoms with Crippen molar-refractivity contribution in [2.75, 3.05) is 20.8 Å². The van der Waals surface area contributed by atoms with Gasteiger partial charge < -0.3 is 14.2 Å². The molecule has 0 heterocycles. The zero-order valence-corrected chi connectivity index (χ0v) is 14.6. The number of methoxy groups -OCH3 is 2. The third kappa shape index (κ3) is 4.53. The number of carbonyl (C=O) groups is 1. The van der Waals surface area contributed by atoms with Crippen molar-refractivity contribution < 1.29 is 19.0 Å².